The van der Waals surface area contributed by atoms with Gasteiger partial charge in [-0.2, -0.15) is 0 Å². The largest absolute Gasteiger partial charge is 0.502 e. The van der Waals surface area contributed by atoms with Gasteiger partial charge in [-0.3, -0.25) is 19.3 Å². The van der Waals surface area contributed by atoms with Crippen LogP contribution in [0, 0.1) is 11.6 Å². The van der Waals surface area contributed by atoms with Gasteiger partial charge in [0, 0.05) is 24.4 Å². The summed E-state index contributed by atoms with van der Waals surface area (Å²) in [5.41, 5.74) is 3.06. The summed E-state index contributed by atoms with van der Waals surface area (Å²) in [6, 6.07) is 10.5. The lowest BCUT2D eigenvalue weighted by atomic mass is 9.92. The van der Waals surface area contributed by atoms with Gasteiger partial charge in [0.05, 0.1) is 34.8 Å². The number of rotatable bonds is 1. The summed E-state index contributed by atoms with van der Waals surface area (Å²) in [5.74, 6) is -3.20. The number of pyridine rings is 1. The molecule has 1 amide bonds. The summed E-state index contributed by atoms with van der Waals surface area (Å²) in [4.78, 5) is 32.7. The Hall–Kier alpha value is -4.09. The van der Waals surface area contributed by atoms with E-state index in [0.29, 0.717) is 16.1 Å². The zero-order chi connectivity index (χ0) is 26.3. The second kappa shape index (κ2) is 8.20. The van der Waals surface area contributed by atoms with Crippen molar-refractivity contribution in [3.63, 3.8) is 0 Å². The van der Waals surface area contributed by atoms with E-state index in [2.05, 4.69) is 4.98 Å². The number of hydrogen-bond donors (Lipinski definition) is 1. The maximum absolute atomic E-state index is 15.6. The highest BCUT2D eigenvalue weighted by molar-refractivity contribution is 7.13. The molecule has 1 N–H and O–H groups in total. The standard InChI is InChI=1S/C27H20F2N4O4S/c1-13-10-31-19(11-37-13)33(32-9-8-18(34)25(35)24(32)27(31)36)23-14-4-2-3-5-15(14)26-22(30-12-38-26)20-16(23)6-7-17(28)21(20)29/h2-9,12-13,19,23,35H,10-11H2,1H3. The van der Waals surface area contributed by atoms with Gasteiger partial charge in [-0.25, -0.2) is 13.8 Å². The van der Waals surface area contributed by atoms with Gasteiger partial charge < -0.3 is 14.7 Å². The van der Waals surface area contributed by atoms with E-state index in [1.54, 1.807) is 15.4 Å². The van der Waals surface area contributed by atoms with Crippen molar-refractivity contribution in [2.24, 2.45) is 0 Å². The highest BCUT2D eigenvalue weighted by Crippen LogP contribution is 2.50. The van der Waals surface area contributed by atoms with Crippen LogP contribution in [0.15, 0.2) is 59.0 Å². The van der Waals surface area contributed by atoms with Crippen LogP contribution in [0.4, 0.5) is 8.78 Å². The number of fused-ring (bicyclic) bond motifs is 7. The fraction of sp³-hybridized carbons (Fsp3) is 0.222. The first-order valence-electron chi connectivity index (χ1n) is 12.0. The van der Waals surface area contributed by atoms with E-state index in [0.717, 1.165) is 17.2 Å². The Labute approximate surface area is 218 Å². The average molecular weight is 535 g/mol. The number of aromatic hydroxyl groups is 1. The molecule has 4 heterocycles. The molecule has 2 aliphatic heterocycles. The van der Waals surface area contributed by atoms with Crippen LogP contribution in [-0.4, -0.2) is 51.0 Å². The molecule has 0 radical (unpaired) electrons. The summed E-state index contributed by atoms with van der Waals surface area (Å²) in [7, 11) is 0. The Balaban J connectivity index is 1.58. The number of thiazole rings is 1. The molecule has 3 atom stereocenters. The van der Waals surface area contributed by atoms with E-state index in [-0.39, 0.29) is 30.5 Å². The Kier molecular flexibility index (Phi) is 4.98. The van der Waals surface area contributed by atoms with E-state index in [1.165, 1.54) is 34.3 Å². The lowest BCUT2D eigenvalue weighted by molar-refractivity contribution is -0.0575. The third-order valence-electron chi connectivity index (χ3n) is 7.41. The number of carbonyl (C=O) groups is 1. The molecule has 0 saturated carbocycles. The van der Waals surface area contributed by atoms with Gasteiger partial charge in [0.25, 0.3) is 5.91 Å². The number of ether oxygens (including phenoxy) is 1. The molecule has 3 unspecified atom stereocenters. The number of carbonyl (C=O) groups excluding carboxylic acids is 1. The fourth-order valence-corrected chi connectivity index (χ4v) is 6.60. The summed E-state index contributed by atoms with van der Waals surface area (Å²) < 4.78 is 37.7. The Bertz CT molecular complexity index is 1700. The maximum Gasteiger partial charge on any atom is 0.278 e. The minimum atomic E-state index is -1.02. The molecule has 1 aliphatic carbocycles. The fourth-order valence-electron chi connectivity index (χ4n) is 5.76. The van der Waals surface area contributed by atoms with Gasteiger partial charge >= 0.3 is 0 Å². The number of benzene rings is 2. The first-order valence-corrected chi connectivity index (χ1v) is 12.9. The topological polar surface area (TPSA) is 87.9 Å². The smallest absolute Gasteiger partial charge is 0.278 e. The summed E-state index contributed by atoms with van der Waals surface area (Å²) >= 11 is 1.33. The SMILES string of the molecule is CC1CN2C(=O)c3c(O)c(=O)ccn3N(C3c4ccccc4-c4scnc4-c4c3ccc(F)c4F)C2CO1. The van der Waals surface area contributed by atoms with Crippen molar-refractivity contribution in [3.05, 3.63) is 92.9 Å². The molecule has 7 rings (SSSR count). The van der Waals surface area contributed by atoms with Crippen molar-refractivity contribution in [3.8, 4) is 27.4 Å². The molecule has 11 heteroatoms. The molecular formula is C27H20F2N4O4S. The maximum atomic E-state index is 15.6. The van der Waals surface area contributed by atoms with E-state index in [4.69, 9.17) is 4.74 Å². The molecule has 2 aromatic heterocycles. The Morgan fingerprint density at radius 3 is 2.76 bits per heavy atom. The molecule has 2 aromatic carbocycles. The van der Waals surface area contributed by atoms with E-state index in [1.807, 2.05) is 31.2 Å². The molecule has 4 aromatic rings. The van der Waals surface area contributed by atoms with Gasteiger partial charge in [0.2, 0.25) is 5.43 Å². The number of amides is 1. The van der Waals surface area contributed by atoms with Crippen LogP contribution < -0.4 is 10.4 Å². The minimum Gasteiger partial charge on any atom is -0.502 e. The minimum absolute atomic E-state index is 0.0304. The molecule has 1 saturated heterocycles. The Morgan fingerprint density at radius 2 is 1.92 bits per heavy atom. The monoisotopic (exact) mass is 534 g/mol. The van der Waals surface area contributed by atoms with Crippen molar-refractivity contribution in [2.75, 3.05) is 18.2 Å². The van der Waals surface area contributed by atoms with Crippen LogP contribution in [0.25, 0.3) is 21.7 Å². The zero-order valence-corrected chi connectivity index (χ0v) is 20.8. The summed E-state index contributed by atoms with van der Waals surface area (Å²) in [6.07, 6.45) is 0.472. The average Bonchev–Trinajstić information content (AvgIpc) is 3.35. The summed E-state index contributed by atoms with van der Waals surface area (Å²) in [5, 5.41) is 12.6. The van der Waals surface area contributed by atoms with Crippen molar-refractivity contribution in [1.82, 2.24) is 14.6 Å². The van der Waals surface area contributed by atoms with Gasteiger partial charge in [-0.1, -0.05) is 30.3 Å². The van der Waals surface area contributed by atoms with E-state index in [9.17, 15) is 19.1 Å². The van der Waals surface area contributed by atoms with Crippen LogP contribution in [0.2, 0.25) is 0 Å². The molecule has 38 heavy (non-hydrogen) atoms. The first-order chi connectivity index (χ1) is 18.4. The van der Waals surface area contributed by atoms with Gasteiger partial charge in [0.1, 0.15) is 6.17 Å². The third kappa shape index (κ3) is 3.05. The van der Waals surface area contributed by atoms with Crippen molar-refractivity contribution in [2.45, 2.75) is 25.2 Å². The van der Waals surface area contributed by atoms with Crippen molar-refractivity contribution < 1.29 is 23.4 Å². The molecule has 0 bridgehead atoms. The molecular weight excluding hydrogens is 514 g/mol. The quantitative estimate of drug-likeness (QED) is 0.399. The van der Waals surface area contributed by atoms with Gasteiger partial charge in [-0.05, 0) is 29.7 Å². The van der Waals surface area contributed by atoms with Gasteiger partial charge in [-0.15, -0.1) is 11.3 Å². The molecule has 0 spiro atoms. The van der Waals surface area contributed by atoms with Crippen LogP contribution in [0.3, 0.4) is 0 Å². The molecule has 3 aliphatic rings. The van der Waals surface area contributed by atoms with Gasteiger partial charge in [0.15, 0.2) is 23.1 Å². The second-order valence-corrected chi connectivity index (χ2v) is 10.4. The number of hydrogen-bond acceptors (Lipinski definition) is 7. The first kappa shape index (κ1) is 23.1. The van der Waals surface area contributed by atoms with Crippen LogP contribution in [-0.2, 0) is 4.74 Å². The molecule has 1 fully saturated rings. The van der Waals surface area contributed by atoms with Crippen molar-refractivity contribution in [1.29, 1.82) is 0 Å². The number of halogens is 2. The second-order valence-electron chi connectivity index (χ2n) is 9.53. The van der Waals surface area contributed by atoms with Crippen LogP contribution in [0.5, 0.6) is 5.75 Å². The van der Waals surface area contributed by atoms with Crippen LogP contribution >= 0.6 is 11.3 Å². The van der Waals surface area contributed by atoms with E-state index < -0.39 is 40.9 Å². The highest BCUT2D eigenvalue weighted by atomic mass is 32.1. The highest BCUT2D eigenvalue weighted by Gasteiger charge is 2.47. The number of aromatic nitrogens is 2. The van der Waals surface area contributed by atoms with E-state index >= 15 is 4.39 Å². The van der Waals surface area contributed by atoms with Crippen molar-refractivity contribution >= 4 is 17.2 Å². The molecule has 192 valence electrons. The van der Waals surface area contributed by atoms with Crippen LogP contribution in [0.1, 0.15) is 34.6 Å². The predicted molar refractivity (Wildman–Crippen MR) is 136 cm³/mol. The zero-order valence-electron chi connectivity index (χ0n) is 20.0. The predicted octanol–water partition coefficient (Wildman–Crippen LogP) is 3.86. The third-order valence-corrected chi connectivity index (χ3v) is 8.27. The lowest BCUT2D eigenvalue weighted by Gasteiger charge is -2.52. The number of nitrogens with zero attached hydrogens (tertiary/aromatic N) is 4. The Morgan fingerprint density at radius 1 is 1.11 bits per heavy atom. The lowest BCUT2D eigenvalue weighted by Crippen LogP contribution is -2.67. The normalized spacial score (nSPS) is 21.7. The number of morpholine rings is 1. The summed E-state index contributed by atoms with van der Waals surface area (Å²) in [6.45, 7) is 2.17. The molecule has 8 nitrogen and oxygen atoms in total.